The molecular weight excluding hydrogens is 254 g/mol. The number of anilines is 1. The van der Waals surface area contributed by atoms with Gasteiger partial charge in [0.1, 0.15) is 5.82 Å². The Morgan fingerprint density at radius 2 is 1.95 bits per heavy atom. The Morgan fingerprint density at radius 1 is 1.15 bits per heavy atom. The van der Waals surface area contributed by atoms with Crippen LogP contribution in [0.25, 0.3) is 0 Å². The molecule has 3 rings (SSSR count). The van der Waals surface area contributed by atoms with E-state index in [1.54, 1.807) is 0 Å². The molecule has 2 heterocycles. The second kappa shape index (κ2) is 5.28. The monoisotopic (exact) mass is 269 g/mol. The van der Waals surface area contributed by atoms with Crippen molar-refractivity contribution in [3.05, 3.63) is 53.5 Å². The molecule has 5 heteroatoms. The highest BCUT2D eigenvalue weighted by atomic mass is 16.4. The van der Waals surface area contributed by atoms with Gasteiger partial charge >= 0.3 is 5.97 Å². The van der Waals surface area contributed by atoms with Gasteiger partial charge in [-0.05, 0) is 24.0 Å². The lowest BCUT2D eigenvalue weighted by molar-refractivity contribution is 0.0690. The number of aryl methyl sites for hydroxylation is 1. The molecule has 102 valence electrons. The number of aromatic nitrogens is 2. The third-order valence-electron chi connectivity index (χ3n) is 3.54. The Balaban J connectivity index is 1.85. The number of aromatic carboxylic acids is 1. The van der Waals surface area contributed by atoms with Gasteiger partial charge in [-0.3, -0.25) is 0 Å². The highest BCUT2D eigenvalue weighted by Gasteiger charge is 2.16. The summed E-state index contributed by atoms with van der Waals surface area (Å²) in [5, 5.41) is 8.85. The number of carboxylic acid groups (broad SMARTS) is 1. The smallest absolute Gasteiger partial charge is 0.356 e. The van der Waals surface area contributed by atoms with Gasteiger partial charge in [0.15, 0.2) is 5.69 Å². The lowest BCUT2D eigenvalue weighted by Gasteiger charge is -2.21. The molecule has 5 nitrogen and oxygen atoms in total. The van der Waals surface area contributed by atoms with Crippen LogP contribution in [0.1, 0.15) is 28.0 Å². The molecule has 0 atom stereocenters. The summed E-state index contributed by atoms with van der Waals surface area (Å²) >= 11 is 0. The molecule has 2 aromatic rings. The van der Waals surface area contributed by atoms with Gasteiger partial charge in [0, 0.05) is 13.1 Å². The number of rotatable bonds is 2. The lowest BCUT2D eigenvalue weighted by atomic mass is 10.0. The molecular formula is C15H15N3O2. The summed E-state index contributed by atoms with van der Waals surface area (Å²) in [5.74, 6) is -0.322. The van der Waals surface area contributed by atoms with Crippen molar-refractivity contribution in [3.63, 3.8) is 0 Å². The van der Waals surface area contributed by atoms with Gasteiger partial charge in [0.2, 0.25) is 0 Å². The van der Waals surface area contributed by atoms with E-state index in [1.165, 1.54) is 23.5 Å². The Bertz CT molecular complexity index is 625. The number of fused-ring (bicyclic) bond motifs is 1. The summed E-state index contributed by atoms with van der Waals surface area (Å²) in [6.45, 7) is 1.69. The van der Waals surface area contributed by atoms with Crippen LogP contribution in [0, 0.1) is 0 Å². The minimum Gasteiger partial charge on any atom is -0.476 e. The third kappa shape index (κ3) is 2.47. The fourth-order valence-electron chi connectivity index (χ4n) is 2.49. The van der Waals surface area contributed by atoms with Gasteiger partial charge < -0.3 is 10.0 Å². The van der Waals surface area contributed by atoms with Crippen LogP contribution < -0.4 is 4.90 Å². The molecule has 1 aromatic carbocycles. The van der Waals surface area contributed by atoms with Gasteiger partial charge in [0.25, 0.3) is 0 Å². The van der Waals surface area contributed by atoms with Crippen LogP contribution in [0.15, 0.2) is 36.7 Å². The highest BCUT2D eigenvalue weighted by molar-refractivity contribution is 5.84. The van der Waals surface area contributed by atoms with Crippen LogP contribution in [0.4, 0.5) is 5.82 Å². The topological polar surface area (TPSA) is 66.3 Å². The first-order valence-electron chi connectivity index (χ1n) is 6.61. The fourth-order valence-corrected chi connectivity index (χ4v) is 2.49. The molecule has 1 aliphatic heterocycles. The summed E-state index contributed by atoms with van der Waals surface area (Å²) in [4.78, 5) is 21.1. The van der Waals surface area contributed by atoms with E-state index >= 15 is 0 Å². The largest absolute Gasteiger partial charge is 0.476 e. The van der Waals surface area contributed by atoms with Gasteiger partial charge in [-0.1, -0.05) is 24.3 Å². The van der Waals surface area contributed by atoms with Crippen molar-refractivity contribution in [1.29, 1.82) is 0 Å². The molecule has 0 amide bonds. The van der Waals surface area contributed by atoms with Crippen LogP contribution in [-0.4, -0.2) is 27.6 Å². The molecule has 1 N–H and O–H groups in total. The maximum atomic E-state index is 10.8. The molecule has 0 fully saturated rings. The quantitative estimate of drug-likeness (QED) is 0.904. The maximum Gasteiger partial charge on any atom is 0.356 e. The lowest BCUT2D eigenvalue weighted by Crippen LogP contribution is -2.24. The van der Waals surface area contributed by atoms with Gasteiger partial charge in [0.05, 0.1) is 12.4 Å². The number of carbonyl (C=O) groups is 1. The fraction of sp³-hybridized carbons (Fsp3) is 0.267. The molecule has 1 aromatic heterocycles. The highest BCUT2D eigenvalue weighted by Crippen LogP contribution is 2.21. The van der Waals surface area contributed by atoms with Crippen LogP contribution in [0.2, 0.25) is 0 Å². The summed E-state index contributed by atoms with van der Waals surface area (Å²) in [6.07, 6.45) is 4.97. The van der Waals surface area contributed by atoms with E-state index in [0.717, 1.165) is 31.7 Å². The Hall–Kier alpha value is -2.43. The minimum absolute atomic E-state index is 0.0241. The molecule has 0 unspecified atom stereocenters. The molecule has 0 bridgehead atoms. The van der Waals surface area contributed by atoms with E-state index in [-0.39, 0.29) is 5.69 Å². The van der Waals surface area contributed by atoms with Crippen LogP contribution >= 0.6 is 0 Å². The van der Waals surface area contributed by atoms with E-state index in [2.05, 4.69) is 33.1 Å². The molecule has 0 saturated carbocycles. The number of hydrogen-bond donors (Lipinski definition) is 1. The summed E-state index contributed by atoms with van der Waals surface area (Å²) in [6, 6.07) is 8.40. The first kappa shape index (κ1) is 12.6. The first-order chi connectivity index (χ1) is 9.74. The molecule has 0 radical (unpaired) electrons. The van der Waals surface area contributed by atoms with E-state index in [0.29, 0.717) is 0 Å². The van der Waals surface area contributed by atoms with Crippen LogP contribution in [-0.2, 0) is 13.0 Å². The van der Waals surface area contributed by atoms with Gasteiger partial charge in [-0.25, -0.2) is 14.8 Å². The molecule has 0 aliphatic carbocycles. The first-order valence-corrected chi connectivity index (χ1v) is 6.61. The van der Waals surface area contributed by atoms with Crippen molar-refractivity contribution in [3.8, 4) is 0 Å². The van der Waals surface area contributed by atoms with E-state index in [1.807, 2.05) is 6.07 Å². The molecule has 1 aliphatic rings. The number of carboxylic acids is 1. The van der Waals surface area contributed by atoms with Crippen molar-refractivity contribution < 1.29 is 9.90 Å². The number of hydrogen-bond acceptors (Lipinski definition) is 4. The Labute approximate surface area is 116 Å². The van der Waals surface area contributed by atoms with Crippen LogP contribution in [0.5, 0.6) is 0 Å². The number of benzene rings is 1. The summed E-state index contributed by atoms with van der Waals surface area (Å²) in [7, 11) is 0. The Morgan fingerprint density at radius 3 is 2.65 bits per heavy atom. The predicted octanol–water partition coefficient (Wildman–Crippen LogP) is 2.13. The zero-order valence-electron chi connectivity index (χ0n) is 11.0. The second-order valence-electron chi connectivity index (χ2n) is 4.86. The molecule has 0 spiro atoms. The summed E-state index contributed by atoms with van der Waals surface area (Å²) in [5.41, 5.74) is 2.66. The SMILES string of the molecule is O=C(O)c1cnc(N2CCCc3ccccc3C2)cn1. The maximum absolute atomic E-state index is 10.8. The standard InChI is InChI=1S/C15H15N3O2/c19-15(20)13-8-17-14(9-16-13)18-7-3-6-11-4-1-2-5-12(11)10-18/h1-2,4-5,8-9H,3,6-7,10H2,(H,19,20). The van der Waals surface area contributed by atoms with E-state index < -0.39 is 5.97 Å². The van der Waals surface area contributed by atoms with Crippen LogP contribution in [0.3, 0.4) is 0 Å². The molecule has 20 heavy (non-hydrogen) atoms. The predicted molar refractivity (Wildman–Crippen MR) is 74.8 cm³/mol. The van der Waals surface area contributed by atoms with Gasteiger partial charge in [-0.2, -0.15) is 0 Å². The summed E-state index contributed by atoms with van der Waals surface area (Å²) < 4.78 is 0. The number of nitrogens with zero attached hydrogens (tertiary/aromatic N) is 3. The van der Waals surface area contributed by atoms with Crippen molar-refractivity contribution in [1.82, 2.24) is 9.97 Å². The van der Waals surface area contributed by atoms with Crippen molar-refractivity contribution >= 4 is 11.8 Å². The normalized spacial score (nSPS) is 14.5. The van der Waals surface area contributed by atoms with E-state index in [9.17, 15) is 4.79 Å². The van der Waals surface area contributed by atoms with Crippen molar-refractivity contribution in [2.75, 3.05) is 11.4 Å². The zero-order valence-corrected chi connectivity index (χ0v) is 11.0. The Kier molecular flexibility index (Phi) is 3.33. The molecule has 0 saturated heterocycles. The average molecular weight is 269 g/mol. The minimum atomic E-state index is -1.05. The van der Waals surface area contributed by atoms with Crippen molar-refractivity contribution in [2.24, 2.45) is 0 Å². The average Bonchev–Trinajstić information content (AvgIpc) is 2.69. The van der Waals surface area contributed by atoms with E-state index in [4.69, 9.17) is 5.11 Å². The third-order valence-corrected chi connectivity index (χ3v) is 3.54. The van der Waals surface area contributed by atoms with Gasteiger partial charge in [-0.15, -0.1) is 0 Å². The van der Waals surface area contributed by atoms with Crippen molar-refractivity contribution in [2.45, 2.75) is 19.4 Å². The second-order valence-corrected chi connectivity index (χ2v) is 4.86. The zero-order chi connectivity index (χ0) is 13.9.